The van der Waals surface area contributed by atoms with Gasteiger partial charge in [0, 0.05) is 17.6 Å². The second-order valence-electron chi connectivity index (χ2n) is 5.44. The third-order valence-corrected chi connectivity index (χ3v) is 3.73. The monoisotopic (exact) mass is 287 g/mol. The molecule has 1 N–H and O–H groups in total. The average Bonchev–Trinajstić information content (AvgIpc) is 2.43. The van der Waals surface area contributed by atoms with Crippen LogP contribution in [0.25, 0.3) is 0 Å². The lowest BCUT2D eigenvalue weighted by molar-refractivity contribution is 0.514. The van der Waals surface area contributed by atoms with E-state index >= 15 is 0 Å². The van der Waals surface area contributed by atoms with Gasteiger partial charge in [-0.15, -0.1) is 0 Å². The summed E-state index contributed by atoms with van der Waals surface area (Å²) < 4.78 is 0. The number of hydrogen-bond donors (Lipinski definition) is 1. The maximum absolute atomic E-state index is 5.99. The zero-order valence-electron chi connectivity index (χ0n) is 12.2. The third kappa shape index (κ3) is 4.99. The number of halogens is 1. The largest absolute Gasteiger partial charge is 0.310 e. The van der Waals surface area contributed by atoms with Crippen LogP contribution in [0.3, 0.4) is 0 Å². The molecular weight excluding hydrogens is 266 g/mol. The fourth-order valence-corrected chi connectivity index (χ4v) is 2.50. The van der Waals surface area contributed by atoms with Crippen molar-refractivity contribution < 1.29 is 0 Å². The van der Waals surface area contributed by atoms with Crippen LogP contribution < -0.4 is 5.32 Å². The summed E-state index contributed by atoms with van der Waals surface area (Å²) in [5.41, 5.74) is 3.99. The Hall–Kier alpha value is -1.31. The molecule has 0 heterocycles. The topological polar surface area (TPSA) is 12.0 Å². The molecule has 1 nitrogen and oxygen atoms in total. The Morgan fingerprint density at radius 3 is 2.55 bits per heavy atom. The molecule has 0 aliphatic rings. The summed E-state index contributed by atoms with van der Waals surface area (Å²) in [4.78, 5) is 0. The van der Waals surface area contributed by atoms with Gasteiger partial charge in [-0.2, -0.15) is 0 Å². The normalized spacial score (nSPS) is 12.3. The predicted octanol–water partition coefficient (Wildman–Crippen LogP) is 4.76. The number of rotatable bonds is 6. The number of hydrogen-bond acceptors (Lipinski definition) is 1. The van der Waals surface area contributed by atoms with Crippen molar-refractivity contribution in [2.45, 2.75) is 39.3 Å². The van der Waals surface area contributed by atoms with E-state index in [9.17, 15) is 0 Å². The minimum absolute atomic E-state index is 0.495. The second kappa shape index (κ2) is 7.47. The SMILES string of the molecule is Cc1cccc(CCC(C)NCc2cccc(Cl)c2)c1. The van der Waals surface area contributed by atoms with Gasteiger partial charge in [0.15, 0.2) is 0 Å². The lowest BCUT2D eigenvalue weighted by atomic mass is 10.0. The quantitative estimate of drug-likeness (QED) is 0.808. The van der Waals surface area contributed by atoms with E-state index in [4.69, 9.17) is 11.6 Å². The molecular formula is C18H22ClN. The first kappa shape index (κ1) is 15.1. The summed E-state index contributed by atoms with van der Waals surface area (Å²) >= 11 is 5.99. The fourth-order valence-electron chi connectivity index (χ4n) is 2.29. The molecule has 20 heavy (non-hydrogen) atoms. The van der Waals surface area contributed by atoms with Crippen LogP contribution in [-0.2, 0) is 13.0 Å². The molecule has 2 aromatic carbocycles. The summed E-state index contributed by atoms with van der Waals surface area (Å²) in [7, 11) is 0. The Balaban J connectivity index is 1.77. The summed E-state index contributed by atoms with van der Waals surface area (Å²) in [5, 5.41) is 4.35. The lowest BCUT2D eigenvalue weighted by Gasteiger charge is -2.14. The standard InChI is InChI=1S/C18H22ClN/c1-14-5-3-6-16(11-14)10-9-15(2)20-13-17-7-4-8-18(19)12-17/h3-8,11-12,15,20H,9-10,13H2,1-2H3. The molecule has 106 valence electrons. The van der Waals surface area contributed by atoms with Gasteiger partial charge in [-0.25, -0.2) is 0 Å². The van der Waals surface area contributed by atoms with Crippen molar-refractivity contribution in [3.63, 3.8) is 0 Å². The minimum Gasteiger partial charge on any atom is -0.310 e. The van der Waals surface area contributed by atoms with Crippen LogP contribution in [0.5, 0.6) is 0 Å². The van der Waals surface area contributed by atoms with Crippen LogP contribution in [0, 0.1) is 6.92 Å². The molecule has 0 aliphatic heterocycles. The van der Waals surface area contributed by atoms with E-state index in [0.717, 1.165) is 24.4 Å². The Morgan fingerprint density at radius 2 is 1.80 bits per heavy atom. The lowest BCUT2D eigenvalue weighted by Crippen LogP contribution is -2.25. The summed E-state index contributed by atoms with van der Waals surface area (Å²) in [5.74, 6) is 0. The first-order valence-electron chi connectivity index (χ1n) is 7.17. The molecule has 0 aliphatic carbocycles. The summed E-state index contributed by atoms with van der Waals surface area (Å²) in [6.45, 7) is 5.25. The molecule has 0 spiro atoms. The molecule has 0 saturated heterocycles. The van der Waals surface area contributed by atoms with Crippen molar-refractivity contribution in [1.29, 1.82) is 0 Å². The number of benzene rings is 2. The minimum atomic E-state index is 0.495. The van der Waals surface area contributed by atoms with E-state index in [1.807, 2.05) is 18.2 Å². The van der Waals surface area contributed by atoms with E-state index in [0.29, 0.717) is 6.04 Å². The molecule has 1 atom stereocenters. The van der Waals surface area contributed by atoms with Crippen LogP contribution >= 0.6 is 11.6 Å². The zero-order chi connectivity index (χ0) is 14.4. The molecule has 0 aromatic heterocycles. The predicted molar refractivity (Wildman–Crippen MR) is 87.3 cm³/mol. The second-order valence-corrected chi connectivity index (χ2v) is 5.88. The first-order chi connectivity index (χ1) is 9.63. The van der Waals surface area contributed by atoms with Gasteiger partial charge in [0.2, 0.25) is 0 Å². The molecule has 1 unspecified atom stereocenters. The molecule has 0 bridgehead atoms. The van der Waals surface area contributed by atoms with Gasteiger partial charge >= 0.3 is 0 Å². The van der Waals surface area contributed by atoms with E-state index < -0.39 is 0 Å². The van der Waals surface area contributed by atoms with Gasteiger partial charge < -0.3 is 5.32 Å². The molecule has 2 aromatic rings. The zero-order valence-corrected chi connectivity index (χ0v) is 13.0. The first-order valence-corrected chi connectivity index (χ1v) is 7.54. The van der Waals surface area contributed by atoms with E-state index in [1.54, 1.807) is 0 Å². The maximum Gasteiger partial charge on any atom is 0.0409 e. The Bertz CT molecular complexity index is 501. The van der Waals surface area contributed by atoms with Gasteiger partial charge in [0.25, 0.3) is 0 Å². The Morgan fingerprint density at radius 1 is 1.05 bits per heavy atom. The number of aryl methyl sites for hydroxylation is 2. The van der Waals surface area contributed by atoms with Crippen LogP contribution in [-0.4, -0.2) is 6.04 Å². The van der Waals surface area contributed by atoms with Crippen molar-refractivity contribution in [3.05, 3.63) is 70.2 Å². The summed E-state index contributed by atoms with van der Waals surface area (Å²) in [6.07, 6.45) is 2.26. The number of nitrogens with one attached hydrogen (secondary N) is 1. The van der Waals surface area contributed by atoms with Crippen LogP contribution in [0.15, 0.2) is 48.5 Å². The van der Waals surface area contributed by atoms with Crippen molar-refractivity contribution in [3.8, 4) is 0 Å². The Labute approximate surface area is 127 Å². The van der Waals surface area contributed by atoms with Gasteiger partial charge in [-0.3, -0.25) is 0 Å². The third-order valence-electron chi connectivity index (χ3n) is 3.49. The van der Waals surface area contributed by atoms with Crippen molar-refractivity contribution in [2.24, 2.45) is 0 Å². The molecule has 0 amide bonds. The molecule has 0 saturated carbocycles. The highest BCUT2D eigenvalue weighted by Gasteiger charge is 2.03. The van der Waals surface area contributed by atoms with Crippen molar-refractivity contribution in [1.82, 2.24) is 5.32 Å². The van der Waals surface area contributed by atoms with Crippen molar-refractivity contribution in [2.75, 3.05) is 0 Å². The highest BCUT2D eigenvalue weighted by atomic mass is 35.5. The molecule has 0 fully saturated rings. The van der Waals surface area contributed by atoms with Crippen LogP contribution in [0.2, 0.25) is 5.02 Å². The summed E-state index contributed by atoms with van der Waals surface area (Å²) in [6, 6.07) is 17.3. The van der Waals surface area contributed by atoms with Gasteiger partial charge in [-0.1, -0.05) is 53.6 Å². The van der Waals surface area contributed by atoms with E-state index in [-0.39, 0.29) is 0 Å². The van der Waals surface area contributed by atoms with Crippen molar-refractivity contribution >= 4 is 11.6 Å². The maximum atomic E-state index is 5.99. The van der Waals surface area contributed by atoms with Gasteiger partial charge in [-0.05, 0) is 49.9 Å². The highest BCUT2D eigenvalue weighted by molar-refractivity contribution is 6.30. The Kier molecular flexibility index (Phi) is 5.63. The van der Waals surface area contributed by atoms with Crippen LogP contribution in [0.4, 0.5) is 0 Å². The highest BCUT2D eigenvalue weighted by Crippen LogP contribution is 2.11. The van der Waals surface area contributed by atoms with E-state index in [1.165, 1.54) is 16.7 Å². The molecule has 2 rings (SSSR count). The smallest absolute Gasteiger partial charge is 0.0409 e. The fraction of sp³-hybridized carbons (Fsp3) is 0.333. The average molecular weight is 288 g/mol. The molecule has 2 heteroatoms. The van der Waals surface area contributed by atoms with E-state index in [2.05, 4.69) is 49.5 Å². The molecule has 0 radical (unpaired) electrons. The van der Waals surface area contributed by atoms with Crippen LogP contribution in [0.1, 0.15) is 30.0 Å². The van der Waals surface area contributed by atoms with Gasteiger partial charge in [0.05, 0.1) is 0 Å². The van der Waals surface area contributed by atoms with Gasteiger partial charge in [0.1, 0.15) is 0 Å².